The van der Waals surface area contributed by atoms with Gasteiger partial charge < -0.3 is 20.4 Å². The maximum atomic E-state index is 10.1. The molecule has 0 aromatic heterocycles. The first kappa shape index (κ1) is 28.5. The van der Waals surface area contributed by atoms with Crippen molar-refractivity contribution >= 4 is 5.97 Å². The van der Waals surface area contributed by atoms with Crippen LogP contribution < -0.4 is 0 Å². The predicted octanol–water partition coefficient (Wildman–Crippen LogP) is 3.21. The highest BCUT2D eigenvalue weighted by molar-refractivity contribution is 5.66. The third-order valence-corrected chi connectivity index (χ3v) is 1.99. The van der Waals surface area contributed by atoms with Crippen molar-refractivity contribution in [1.82, 2.24) is 0 Å². The van der Waals surface area contributed by atoms with E-state index in [1.54, 1.807) is 20.8 Å². The van der Waals surface area contributed by atoms with Crippen molar-refractivity contribution in [2.24, 2.45) is 0 Å². The second-order valence-electron chi connectivity index (χ2n) is 4.21. The van der Waals surface area contributed by atoms with Crippen LogP contribution in [-0.4, -0.2) is 46.2 Å². The van der Waals surface area contributed by atoms with Crippen molar-refractivity contribution in [2.75, 3.05) is 19.8 Å². The number of carbonyl (C=O) groups is 1. The van der Waals surface area contributed by atoms with Crippen LogP contribution in [0.1, 0.15) is 79.1 Å². The zero-order valence-electron chi connectivity index (χ0n) is 14.5. The van der Waals surface area contributed by atoms with Gasteiger partial charge in [0.05, 0.1) is 0 Å². The molecule has 0 aliphatic rings. The molecule has 0 spiro atoms. The van der Waals surface area contributed by atoms with E-state index in [2.05, 4.69) is 6.92 Å². The second-order valence-corrected chi connectivity index (χ2v) is 4.21. The minimum absolute atomic E-state index is 0.250. The lowest BCUT2D eigenvalue weighted by molar-refractivity contribution is -0.137. The number of unbranched alkanes of at least 4 members (excludes halogenated alkanes) is 6. The number of aliphatic hydroxyl groups excluding tert-OH is 3. The standard InChI is InChI=1S/C10H20O2.3C2H6O/c1-2-3-4-5-6-7-8-9-10(11)12;3*1-2-3/h2-9H2,1H3,(H,11,12);3*3H,2H2,1H3. The molecule has 0 rings (SSSR count). The average molecular weight is 310 g/mol. The molecule has 0 aliphatic heterocycles. The monoisotopic (exact) mass is 310 g/mol. The lowest BCUT2D eigenvalue weighted by atomic mass is 10.1. The molecule has 0 amide bonds. The first-order valence-corrected chi connectivity index (χ1v) is 8.06. The molecule has 0 heterocycles. The van der Waals surface area contributed by atoms with Crippen molar-refractivity contribution in [1.29, 1.82) is 0 Å². The Balaban J connectivity index is -0.000000132. The summed E-state index contributed by atoms with van der Waals surface area (Å²) in [7, 11) is 0. The molecule has 0 unspecified atom stereocenters. The smallest absolute Gasteiger partial charge is 0.303 e. The number of aliphatic hydroxyl groups is 3. The van der Waals surface area contributed by atoms with E-state index in [1.165, 1.54) is 32.1 Å². The van der Waals surface area contributed by atoms with Gasteiger partial charge >= 0.3 is 5.97 Å². The Bertz CT molecular complexity index is 147. The molecular weight excluding hydrogens is 272 g/mol. The number of hydrogen-bond donors (Lipinski definition) is 4. The van der Waals surface area contributed by atoms with Gasteiger partial charge in [-0.2, -0.15) is 0 Å². The van der Waals surface area contributed by atoms with Crippen LogP contribution >= 0.6 is 0 Å². The summed E-state index contributed by atoms with van der Waals surface area (Å²) in [6, 6.07) is 0. The Morgan fingerprint density at radius 2 is 0.952 bits per heavy atom. The average Bonchev–Trinajstić information content (AvgIpc) is 2.40. The summed E-state index contributed by atoms with van der Waals surface area (Å²) in [6.45, 7) is 7.99. The van der Waals surface area contributed by atoms with Crippen LogP contribution in [0.15, 0.2) is 0 Å². The zero-order valence-corrected chi connectivity index (χ0v) is 14.5. The van der Waals surface area contributed by atoms with Crippen molar-refractivity contribution in [3.63, 3.8) is 0 Å². The third kappa shape index (κ3) is 83.5. The molecule has 0 fully saturated rings. The SMILES string of the molecule is CCCCCCCCCC(=O)O.CCO.CCO.CCO. The van der Waals surface area contributed by atoms with Crippen LogP contribution in [0.3, 0.4) is 0 Å². The first-order valence-electron chi connectivity index (χ1n) is 8.06. The molecule has 0 saturated carbocycles. The van der Waals surface area contributed by atoms with E-state index in [4.69, 9.17) is 20.4 Å². The highest BCUT2D eigenvalue weighted by Crippen LogP contribution is 2.07. The van der Waals surface area contributed by atoms with E-state index in [9.17, 15) is 4.79 Å². The molecule has 0 aliphatic carbocycles. The number of rotatable bonds is 8. The molecule has 0 bridgehead atoms. The van der Waals surface area contributed by atoms with Gasteiger partial charge in [0.25, 0.3) is 0 Å². The van der Waals surface area contributed by atoms with Gasteiger partial charge in [0.2, 0.25) is 0 Å². The quantitative estimate of drug-likeness (QED) is 0.516. The normalized spacial score (nSPS) is 8.33. The number of aliphatic carboxylic acids is 1. The van der Waals surface area contributed by atoms with Crippen LogP contribution in [0.25, 0.3) is 0 Å². The Morgan fingerprint density at radius 3 is 1.24 bits per heavy atom. The fraction of sp³-hybridized carbons (Fsp3) is 0.938. The molecular formula is C16H38O5. The van der Waals surface area contributed by atoms with Crippen molar-refractivity contribution in [3.8, 4) is 0 Å². The molecule has 0 aromatic carbocycles. The van der Waals surface area contributed by atoms with E-state index >= 15 is 0 Å². The summed E-state index contributed by atoms with van der Waals surface area (Å²) >= 11 is 0. The summed E-state index contributed by atoms with van der Waals surface area (Å²) in [5.74, 6) is -0.663. The lowest BCUT2D eigenvalue weighted by Gasteiger charge is -1.98. The molecule has 21 heavy (non-hydrogen) atoms. The number of carboxylic acid groups (broad SMARTS) is 1. The van der Waals surface area contributed by atoms with Gasteiger partial charge in [-0.3, -0.25) is 4.79 Å². The first-order chi connectivity index (χ1) is 10.0. The molecule has 132 valence electrons. The van der Waals surface area contributed by atoms with E-state index in [1.807, 2.05) is 0 Å². The Hall–Kier alpha value is -0.650. The lowest BCUT2D eigenvalue weighted by Crippen LogP contribution is -1.93. The molecule has 0 atom stereocenters. The van der Waals surface area contributed by atoms with E-state index < -0.39 is 5.97 Å². The van der Waals surface area contributed by atoms with Gasteiger partial charge in [-0.15, -0.1) is 0 Å². The molecule has 0 saturated heterocycles. The summed E-state index contributed by atoms with van der Waals surface area (Å²) in [6.07, 6.45) is 8.64. The molecule has 5 heteroatoms. The van der Waals surface area contributed by atoms with Gasteiger partial charge in [0.1, 0.15) is 0 Å². The molecule has 4 N–H and O–H groups in total. The molecule has 0 aromatic rings. The van der Waals surface area contributed by atoms with Gasteiger partial charge in [-0.1, -0.05) is 45.4 Å². The summed E-state index contributed by atoms with van der Waals surface area (Å²) < 4.78 is 0. The minimum atomic E-state index is -0.663. The molecule has 5 nitrogen and oxygen atoms in total. The number of carboxylic acids is 1. The fourth-order valence-electron chi connectivity index (χ4n) is 1.23. The van der Waals surface area contributed by atoms with Gasteiger partial charge in [0, 0.05) is 26.2 Å². The summed E-state index contributed by atoms with van der Waals surface area (Å²) in [5, 5.41) is 31.1. The maximum absolute atomic E-state index is 10.1. The second kappa shape index (κ2) is 36.6. The number of hydrogen-bond acceptors (Lipinski definition) is 4. The highest BCUT2D eigenvalue weighted by Gasteiger charge is 1.95. The van der Waals surface area contributed by atoms with Crippen molar-refractivity contribution < 1.29 is 25.2 Å². The van der Waals surface area contributed by atoms with Crippen LogP contribution in [0.5, 0.6) is 0 Å². The van der Waals surface area contributed by atoms with Crippen LogP contribution in [0.4, 0.5) is 0 Å². The largest absolute Gasteiger partial charge is 0.481 e. The highest BCUT2D eigenvalue weighted by atomic mass is 16.4. The maximum Gasteiger partial charge on any atom is 0.303 e. The predicted molar refractivity (Wildman–Crippen MR) is 88.5 cm³/mol. The van der Waals surface area contributed by atoms with E-state index in [0.29, 0.717) is 6.42 Å². The third-order valence-electron chi connectivity index (χ3n) is 1.99. The zero-order chi connectivity index (χ0) is 17.4. The van der Waals surface area contributed by atoms with Crippen LogP contribution in [-0.2, 0) is 4.79 Å². The minimum Gasteiger partial charge on any atom is -0.481 e. The summed E-state index contributed by atoms with van der Waals surface area (Å²) in [5.41, 5.74) is 0. The van der Waals surface area contributed by atoms with Crippen molar-refractivity contribution in [2.45, 2.75) is 79.1 Å². The van der Waals surface area contributed by atoms with Crippen LogP contribution in [0.2, 0.25) is 0 Å². The van der Waals surface area contributed by atoms with Gasteiger partial charge in [-0.25, -0.2) is 0 Å². The fourth-order valence-corrected chi connectivity index (χ4v) is 1.23. The Labute approximate surface area is 131 Å². The summed E-state index contributed by atoms with van der Waals surface area (Å²) in [4.78, 5) is 10.1. The van der Waals surface area contributed by atoms with Gasteiger partial charge in [0.15, 0.2) is 0 Å². The molecule has 0 radical (unpaired) electrons. The van der Waals surface area contributed by atoms with E-state index in [0.717, 1.165) is 12.8 Å². The Morgan fingerprint density at radius 1 is 0.667 bits per heavy atom. The Kier molecular flexibility index (Phi) is 49.6. The van der Waals surface area contributed by atoms with Gasteiger partial charge in [-0.05, 0) is 27.2 Å². The van der Waals surface area contributed by atoms with Crippen molar-refractivity contribution in [3.05, 3.63) is 0 Å². The van der Waals surface area contributed by atoms with Crippen LogP contribution in [0, 0.1) is 0 Å². The van der Waals surface area contributed by atoms with E-state index in [-0.39, 0.29) is 19.8 Å². The topological polar surface area (TPSA) is 98.0 Å².